The predicted molar refractivity (Wildman–Crippen MR) is 56.8 cm³/mol. The number of hydrogen-bond acceptors (Lipinski definition) is 5. The van der Waals surface area contributed by atoms with E-state index in [1.807, 2.05) is 12.2 Å². The van der Waals surface area contributed by atoms with Crippen LogP contribution in [0.2, 0.25) is 0 Å². The van der Waals surface area contributed by atoms with Crippen LogP contribution in [0.3, 0.4) is 0 Å². The zero-order valence-electron chi connectivity index (χ0n) is 8.97. The van der Waals surface area contributed by atoms with Gasteiger partial charge in [-0.15, -0.1) is 10.2 Å². The van der Waals surface area contributed by atoms with Crippen molar-refractivity contribution in [2.24, 2.45) is 0 Å². The van der Waals surface area contributed by atoms with Crippen molar-refractivity contribution in [1.82, 2.24) is 15.5 Å². The number of halogens is 3. The van der Waals surface area contributed by atoms with Crippen LogP contribution in [0.5, 0.6) is 0 Å². The number of alkyl halides is 3. The number of nitrogens with zero attached hydrogens (tertiary/aromatic N) is 2. The molecule has 9 heteroatoms. The molecule has 0 spiro atoms. The summed E-state index contributed by atoms with van der Waals surface area (Å²) < 4.78 is 35.3. The van der Waals surface area contributed by atoms with Gasteiger partial charge in [-0.2, -0.15) is 13.2 Å². The monoisotopic (exact) mass is 268 g/mol. The highest BCUT2D eigenvalue weighted by molar-refractivity contribution is 7.15. The Labute approximate surface area is 99.4 Å². The Morgan fingerprint density at radius 2 is 2.12 bits per heavy atom. The Morgan fingerprint density at radius 3 is 2.65 bits per heavy atom. The van der Waals surface area contributed by atoms with Gasteiger partial charge in [0.05, 0.1) is 13.1 Å². The maximum Gasteiger partial charge on any atom is 0.401 e. The number of carbonyl (C=O) groups excluding carboxylic acids is 1. The molecule has 96 valence electrons. The molecule has 0 bridgehead atoms. The Hall–Kier alpha value is -1.22. The van der Waals surface area contributed by atoms with Gasteiger partial charge in [0.1, 0.15) is 5.01 Å². The molecule has 0 radical (unpaired) electrons. The van der Waals surface area contributed by atoms with Gasteiger partial charge < -0.3 is 5.32 Å². The molecule has 1 aromatic heterocycles. The lowest BCUT2D eigenvalue weighted by atomic mass is 10.5. The van der Waals surface area contributed by atoms with Gasteiger partial charge in [-0.05, 0) is 6.42 Å². The Bertz CT molecular complexity index is 379. The van der Waals surface area contributed by atoms with Gasteiger partial charge in [-0.1, -0.05) is 18.3 Å². The third-order valence-electron chi connectivity index (χ3n) is 1.63. The second-order valence-electron chi connectivity index (χ2n) is 3.12. The fraction of sp³-hybridized carbons (Fsp3) is 0.625. The molecule has 0 aliphatic heterocycles. The summed E-state index contributed by atoms with van der Waals surface area (Å²) in [5.41, 5.74) is 0. The average Bonchev–Trinajstić information content (AvgIpc) is 2.63. The number of aromatic nitrogens is 2. The third-order valence-corrected chi connectivity index (χ3v) is 2.61. The molecular formula is C8H11F3N4OS. The van der Waals surface area contributed by atoms with Crippen molar-refractivity contribution in [3.63, 3.8) is 0 Å². The molecule has 5 nitrogen and oxygen atoms in total. The minimum Gasteiger partial charge on any atom is -0.300 e. The van der Waals surface area contributed by atoms with Crippen LogP contribution in [0.15, 0.2) is 0 Å². The summed E-state index contributed by atoms with van der Waals surface area (Å²) in [4.78, 5) is 11.2. The molecule has 17 heavy (non-hydrogen) atoms. The van der Waals surface area contributed by atoms with Crippen molar-refractivity contribution in [1.29, 1.82) is 0 Å². The summed E-state index contributed by atoms with van der Waals surface area (Å²) in [7, 11) is 0. The second-order valence-corrected chi connectivity index (χ2v) is 4.18. The summed E-state index contributed by atoms with van der Waals surface area (Å²) in [5, 5.41) is 12.8. The van der Waals surface area contributed by atoms with E-state index in [4.69, 9.17) is 0 Å². The molecular weight excluding hydrogens is 257 g/mol. The summed E-state index contributed by atoms with van der Waals surface area (Å²) in [5.74, 6) is -0.576. The van der Waals surface area contributed by atoms with E-state index >= 15 is 0 Å². The quantitative estimate of drug-likeness (QED) is 0.842. The normalized spacial score (nSPS) is 11.5. The molecule has 0 unspecified atom stereocenters. The molecule has 0 aliphatic rings. The first kappa shape index (κ1) is 13.8. The van der Waals surface area contributed by atoms with Crippen molar-refractivity contribution >= 4 is 22.4 Å². The molecule has 0 saturated carbocycles. The first-order valence-corrected chi connectivity index (χ1v) is 5.62. The molecule has 1 rings (SSSR count). The lowest BCUT2D eigenvalue weighted by Crippen LogP contribution is -2.35. The lowest BCUT2D eigenvalue weighted by molar-refractivity contribution is -0.126. The molecule has 0 fully saturated rings. The lowest BCUT2D eigenvalue weighted by Gasteiger charge is -2.07. The smallest absolute Gasteiger partial charge is 0.300 e. The molecule has 0 saturated heterocycles. The van der Waals surface area contributed by atoms with E-state index in [1.54, 1.807) is 0 Å². The fourth-order valence-corrected chi connectivity index (χ4v) is 1.62. The van der Waals surface area contributed by atoms with E-state index < -0.39 is 25.2 Å². The average molecular weight is 268 g/mol. The highest BCUT2D eigenvalue weighted by Gasteiger charge is 2.26. The van der Waals surface area contributed by atoms with E-state index in [9.17, 15) is 18.0 Å². The molecule has 2 N–H and O–H groups in total. The van der Waals surface area contributed by atoms with E-state index in [-0.39, 0.29) is 0 Å². The fourth-order valence-electron chi connectivity index (χ4n) is 0.928. The number of carbonyl (C=O) groups is 1. The molecule has 1 heterocycles. The standard InChI is InChI=1S/C8H11F3N4OS/c1-2-6-14-15-7(17-6)13-5(16)3-12-4-8(9,10)11/h12H,2-4H2,1H3,(H,13,15,16). The van der Waals surface area contributed by atoms with E-state index in [1.165, 1.54) is 11.3 Å². The van der Waals surface area contributed by atoms with Crippen molar-refractivity contribution in [3.05, 3.63) is 5.01 Å². The Kier molecular flexibility index (Phi) is 4.82. The van der Waals surface area contributed by atoms with Crippen molar-refractivity contribution in [3.8, 4) is 0 Å². The maximum atomic E-state index is 11.8. The number of anilines is 1. The predicted octanol–water partition coefficient (Wildman–Crippen LogP) is 1.19. The Balaban J connectivity index is 2.30. The zero-order valence-corrected chi connectivity index (χ0v) is 9.78. The molecule has 0 atom stereocenters. The van der Waals surface area contributed by atoms with Crippen LogP contribution in [0.25, 0.3) is 0 Å². The summed E-state index contributed by atoms with van der Waals surface area (Å²) in [6.07, 6.45) is -3.63. The number of nitrogens with one attached hydrogen (secondary N) is 2. The van der Waals surface area contributed by atoms with E-state index in [0.29, 0.717) is 11.6 Å². The first-order valence-electron chi connectivity index (χ1n) is 4.80. The summed E-state index contributed by atoms with van der Waals surface area (Å²) in [6, 6.07) is 0. The molecule has 0 aliphatic carbocycles. The van der Waals surface area contributed by atoms with E-state index in [2.05, 4.69) is 15.5 Å². The van der Waals surface area contributed by atoms with Crippen LogP contribution in [-0.4, -0.2) is 35.4 Å². The third kappa shape index (κ3) is 5.59. The van der Waals surface area contributed by atoms with Gasteiger partial charge in [0.25, 0.3) is 0 Å². The Morgan fingerprint density at radius 1 is 1.41 bits per heavy atom. The van der Waals surface area contributed by atoms with Gasteiger partial charge in [0, 0.05) is 0 Å². The minimum absolute atomic E-state index is 0.292. The number of aryl methyl sites for hydroxylation is 1. The van der Waals surface area contributed by atoms with Crippen molar-refractivity contribution < 1.29 is 18.0 Å². The van der Waals surface area contributed by atoms with Gasteiger partial charge in [-0.25, -0.2) is 0 Å². The van der Waals surface area contributed by atoms with Gasteiger partial charge >= 0.3 is 6.18 Å². The summed E-state index contributed by atoms with van der Waals surface area (Å²) in [6.45, 7) is 0.272. The first-order chi connectivity index (χ1) is 7.90. The minimum atomic E-state index is -4.32. The highest BCUT2D eigenvalue weighted by Crippen LogP contribution is 2.15. The largest absolute Gasteiger partial charge is 0.401 e. The maximum absolute atomic E-state index is 11.8. The van der Waals surface area contributed by atoms with Crippen LogP contribution in [-0.2, 0) is 11.2 Å². The highest BCUT2D eigenvalue weighted by atomic mass is 32.1. The molecule has 1 aromatic rings. The van der Waals surface area contributed by atoms with E-state index in [0.717, 1.165) is 5.01 Å². The number of hydrogen-bond donors (Lipinski definition) is 2. The van der Waals surface area contributed by atoms with Crippen molar-refractivity contribution in [2.45, 2.75) is 19.5 Å². The topological polar surface area (TPSA) is 66.9 Å². The van der Waals surface area contributed by atoms with Gasteiger partial charge in [0.2, 0.25) is 11.0 Å². The zero-order chi connectivity index (χ0) is 12.9. The number of rotatable bonds is 5. The van der Waals surface area contributed by atoms with Crippen LogP contribution in [0, 0.1) is 0 Å². The second kappa shape index (κ2) is 5.92. The summed E-state index contributed by atoms with van der Waals surface area (Å²) >= 11 is 1.20. The van der Waals surface area contributed by atoms with Gasteiger partial charge in [0.15, 0.2) is 0 Å². The van der Waals surface area contributed by atoms with Crippen LogP contribution in [0.1, 0.15) is 11.9 Å². The number of amides is 1. The van der Waals surface area contributed by atoms with Crippen molar-refractivity contribution in [2.75, 3.05) is 18.4 Å². The van der Waals surface area contributed by atoms with Crippen LogP contribution >= 0.6 is 11.3 Å². The van der Waals surface area contributed by atoms with Crippen LogP contribution in [0.4, 0.5) is 18.3 Å². The SMILES string of the molecule is CCc1nnc(NC(=O)CNCC(F)(F)F)s1. The molecule has 0 aromatic carbocycles. The van der Waals surface area contributed by atoms with Gasteiger partial charge in [-0.3, -0.25) is 10.1 Å². The van der Waals surface area contributed by atoms with Crippen LogP contribution < -0.4 is 10.6 Å². The molecule has 1 amide bonds.